The van der Waals surface area contributed by atoms with Gasteiger partial charge in [0.05, 0.1) is 22.8 Å². The molecule has 1 fully saturated rings. The van der Waals surface area contributed by atoms with Crippen molar-refractivity contribution in [2.75, 3.05) is 6.61 Å². The summed E-state index contributed by atoms with van der Waals surface area (Å²) < 4.78 is 60.3. The third-order valence-electron chi connectivity index (χ3n) is 7.61. The molecule has 3 atom stereocenters. The molecule has 2 aromatic heterocycles. The van der Waals surface area contributed by atoms with E-state index in [-0.39, 0.29) is 34.3 Å². The first-order chi connectivity index (χ1) is 19.5. The minimum Gasteiger partial charge on any atom is -0.482 e. The molecule has 0 aliphatic heterocycles. The zero-order valence-corrected chi connectivity index (χ0v) is 23.0. The molecule has 10 heteroatoms. The maximum absolute atomic E-state index is 14.1. The summed E-state index contributed by atoms with van der Waals surface area (Å²) in [7, 11) is 0. The molecule has 41 heavy (non-hydrogen) atoms. The van der Waals surface area contributed by atoms with Crippen molar-refractivity contribution in [3.05, 3.63) is 76.9 Å². The zero-order chi connectivity index (χ0) is 29.3. The predicted molar refractivity (Wildman–Crippen MR) is 147 cm³/mol. The van der Waals surface area contributed by atoms with Gasteiger partial charge in [0.2, 0.25) is 11.2 Å². The Hall–Kier alpha value is -4.08. The molecule has 0 N–H and O–H groups in total. The minimum absolute atomic E-state index is 0.0309. The molecule has 7 nitrogen and oxygen atoms in total. The number of esters is 1. The number of ether oxygens (including phenoxy) is 2. The van der Waals surface area contributed by atoms with E-state index in [0.717, 1.165) is 19.3 Å². The quantitative estimate of drug-likeness (QED) is 0.222. The van der Waals surface area contributed by atoms with Crippen molar-refractivity contribution in [1.82, 2.24) is 9.78 Å². The number of para-hydroxylation sites is 1. The van der Waals surface area contributed by atoms with Crippen LogP contribution in [0.15, 0.2) is 70.1 Å². The molecule has 5 rings (SSSR count). The molecule has 1 saturated carbocycles. The van der Waals surface area contributed by atoms with E-state index in [0.29, 0.717) is 17.5 Å². The van der Waals surface area contributed by atoms with Crippen molar-refractivity contribution in [1.29, 1.82) is 0 Å². The Balaban J connectivity index is 1.39. The molecule has 0 amide bonds. The predicted octanol–water partition coefficient (Wildman–Crippen LogP) is 7.05. The number of hydrogen-bond donors (Lipinski definition) is 0. The molecule has 0 spiro atoms. The first-order valence-electron chi connectivity index (χ1n) is 13.6. The Morgan fingerprint density at radius 3 is 2.61 bits per heavy atom. The minimum atomic E-state index is -4.96. The van der Waals surface area contributed by atoms with E-state index < -0.39 is 35.5 Å². The molecule has 0 bridgehead atoms. The highest BCUT2D eigenvalue weighted by Gasteiger charge is 2.40. The van der Waals surface area contributed by atoms with Gasteiger partial charge in [-0.2, -0.15) is 18.3 Å². The lowest BCUT2D eigenvalue weighted by Gasteiger charge is -2.36. The molecule has 2 heterocycles. The molecule has 4 aromatic rings. The van der Waals surface area contributed by atoms with Crippen LogP contribution in [-0.2, 0) is 15.7 Å². The maximum atomic E-state index is 14.1. The highest BCUT2D eigenvalue weighted by atomic mass is 19.4. The second-order valence-electron chi connectivity index (χ2n) is 10.9. The summed E-state index contributed by atoms with van der Waals surface area (Å²) in [5.41, 5.74) is -1.21. The third kappa shape index (κ3) is 6.16. The third-order valence-corrected chi connectivity index (χ3v) is 7.61. The van der Waals surface area contributed by atoms with E-state index in [2.05, 4.69) is 25.9 Å². The molecule has 0 unspecified atom stereocenters. The van der Waals surface area contributed by atoms with Crippen LogP contribution in [0.25, 0.3) is 27.8 Å². The summed E-state index contributed by atoms with van der Waals surface area (Å²) in [6, 6.07) is 12.7. The summed E-state index contributed by atoms with van der Waals surface area (Å²) in [5.74, 6) is -0.839. The Bertz CT molecular complexity index is 1590. The molecule has 0 saturated heterocycles. The molecule has 216 valence electrons. The van der Waals surface area contributed by atoms with Gasteiger partial charge < -0.3 is 13.9 Å². The largest absolute Gasteiger partial charge is 0.482 e. The van der Waals surface area contributed by atoms with E-state index in [1.54, 1.807) is 30.3 Å². The van der Waals surface area contributed by atoms with Gasteiger partial charge in [0.25, 0.3) is 0 Å². The van der Waals surface area contributed by atoms with Crippen LogP contribution in [0.2, 0.25) is 0 Å². The second kappa shape index (κ2) is 11.4. The fourth-order valence-corrected chi connectivity index (χ4v) is 5.49. The highest BCUT2D eigenvalue weighted by molar-refractivity contribution is 5.84. The van der Waals surface area contributed by atoms with Crippen LogP contribution >= 0.6 is 0 Å². The number of carbonyl (C=O) groups is 1. The van der Waals surface area contributed by atoms with Gasteiger partial charge in [-0.3, -0.25) is 4.79 Å². The molecule has 0 radical (unpaired) electrons. The van der Waals surface area contributed by atoms with E-state index in [9.17, 15) is 22.8 Å². The summed E-state index contributed by atoms with van der Waals surface area (Å²) in [6.45, 7) is 5.93. The average Bonchev–Trinajstić information content (AvgIpc) is 3.41. The second-order valence-corrected chi connectivity index (χ2v) is 10.9. The fourth-order valence-electron chi connectivity index (χ4n) is 5.49. The molecule has 2 aromatic carbocycles. The number of rotatable bonds is 7. The maximum Gasteiger partial charge on any atom is 0.450 e. The smallest absolute Gasteiger partial charge is 0.450 e. The van der Waals surface area contributed by atoms with Gasteiger partial charge in [-0.25, -0.2) is 9.48 Å². The Morgan fingerprint density at radius 2 is 1.90 bits per heavy atom. The van der Waals surface area contributed by atoms with Crippen molar-refractivity contribution in [3.8, 4) is 22.6 Å². The summed E-state index contributed by atoms with van der Waals surface area (Å²) in [4.78, 5) is 25.9. The van der Waals surface area contributed by atoms with Crippen molar-refractivity contribution in [3.63, 3.8) is 0 Å². The lowest BCUT2D eigenvalue weighted by molar-refractivity contribution is -0.158. The first kappa shape index (κ1) is 28.4. The van der Waals surface area contributed by atoms with Crippen LogP contribution in [0.3, 0.4) is 0 Å². The van der Waals surface area contributed by atoms with E-state index in [1.165, 1.54) is 35.3 Å². The van der Waals surface area contributed by atoms with Crippen molar-refractivity contribution in [2.24, 2.45) is 17.8 Å². The average molecular weight is 569 g/mol. The van der Waals surface area contributed by atoms with E-state index >= 15 is 0 Å². The molecule has 1 aliphatic carbocycles. The lowest BCUT2D eigenvalue weighted by Crippen LogP contribution is -2.36. The van der Waals surface area contributed by atoms with Gasteiger partial charge in [0, 0.05) is 17.8 Å². The van der Waals surface area contributed by atoms with Gasteiger partial charge in [-0.1, -0.05) is 45.4 Å². The van der Waals surface area contributed by atoms with Crippen LogP contribution in [0.1, 0.15) is 45.8 Å². The Morgan fingerprint density at radius 1 is 1.15 bits per heavy atom. The SMILES string of the molecule is CC(C)[C@@H]1CC[C@@H](C)C[C@@H]1OC(=O)COc1ccc2c(=O)c(-c3cnn(-c4ccccc4)c3)c(C(F)(F)F)oc2c1. The number of aromatic nitrogens is 2. The van der Waals surface area contributed by atoms with E-state index in [4.69, 9.17) is 13.9 Å². The van der Waals surface area contributed by atoms with Gasteiger partial charge in [-0.15, -0.1) is 0 Å². The number of benzene rings is 2. The Labute approximate surface area is 234 Å². The summed E-state index contributed by atoms with van der Waals surface area (Å²) in [6.07, 6.45) is 0.238. The monoisotopic (exact) mass is 568 g/mol. The fraction of sp³-hybridized carbons (Fsp3) is 0.387. The van der Waals surface area contributed by atoms with Crippen LogP contribution in [0.4, 0.5) is 13.2 Å². The molecular weight excluding hydrogens is 537 g/mol. The standard InChI is InChI=1S/C31H31F3N2O5/c1-18(2)23-11-9-19(3)13-25(23)40-27(37)17-39-22-10-12-24-26(14-22)41-30(31(32,33)34)28(29(24)38)20-15-35-36(16-20)21-7-5-4-6-8-21/h4-8,10,12,14-16,18-19,23,25H,9,11,13,17H2,1-3H3/t19-,23+,25+/m1/s1. The topological polar surface area (TPSA) is 83.6 Å². The summed E-state index contributed by atoms with van der Waals surface area (Å²) >= 11 is 0. The first-order valence-corrected chi connectivity index (χ1v) is 13.6. The van der Waals surface area contributed by atoms with Crippen LogP contribution in [0, 0.1) is 17.8 Å². The van der Waals surface area contributed by atoms with Crippen LogP contribution in [-0.4, -0.2) is 28.5 Å². The van der Waals surface area contributed by atoms with E-state index in [1.807, 2.05) is 0 Å². The van der Waals surface area contributed by atoms with Gasteiger partial charge in [-0.05, 0) is 54.9 Å². The normalized spacial score (nSPS) is 19.4. The van der Waals surface area contributed by atoms with Crippen LogP contribution < -0.4 is 10.2 Å². The van der Waals surface area contributed by atoms with Crippen molar-refractivity contribution >= 4 is 16.9 Å². The number of halogens is 3. The number of alkyl halides is 3. The van der Waals surface area contributed by atoms with Crippen molar-refractivity contribution in [2.45, 2.75) is 52.3 Å². The molecular formula is C31H31F3N2O5. The summed E-state index contributed by atoms with van der Waals surface area (Å²) in [5, 5.41) is 4.06. The van der Waals surface area contributed by atoms with Gasteiger partial charge >= 0.3 is 12.1 Å². The van der Waals surface area contributed by atoms with Gasteiger partial charge in [0.1, 0.15) is 17.4 Å². The Kier molecular flexibility index (Phi) is 7.93. The molecule has 1 aliphatic rings. The number of carbonyl (C=O) groups excluding carboxylic acids is 1. The number of nitrogens with zero attached hydrogens (tertiary/aromatic N) is 2. The highest BCUT2D eigenvalue weighted by Crippen LogP contribution is 2.38. The zero-order valence-electron chi connectivity index (χ0n) is 23.0. The number of hydrogen-bond acceptors (Lipinski definition) is 6. The number of fused-ring (bicyclic) bond motifs is 1. The van der Waals surface area contributed by atoms with Crippen molar-refractivity contribution < 1.29 is 31.9 Å². The van der Waals surface area contributed by atoms with Crippen LogP contribution in [0.5, 0.6) is 5.75 Å². The van der Waals surface area contributed by atoms with Gasteiger partial charge in [0.15, 0.2) is 6.61 Å². The lowest BCUT2D eigenvalue weighted by atomic mass is 9.75.